The number of aliphatic hydroxyl groups excluding tert-OH is 1. The first-order valence-electron chi connectivity index (χ1n) is 7.04. The number of nitrogens with zero attached hydrogens (tertiary/aromatic N) is 1. The Balaban J connectivity index is 2.09. The van der Waals surface area contributed by atoms with Gasteiger partial charge in [0.2, 0.25) is 0 Å². The molecule has 106 valence electrons. The summed E-state index contributed by atoms with van der Waals surface area (Å²) >= 11 is 0. The van der Waals surface area contributed by atoms with E-state index < -0.39 is 0 Å². The Morgan fingerprint density at radius 1 is 1.37 bits per heavy atom. The quantitative estimate of drug-likeness (QED) is 0.879. The van der Waals surface area contributed by atoms with E-state index >= 15 is 0 Å². The van der Waals surface area contributed by atoms with E-state index in [2.05, 4.69) is 17.1 Å². The average molecular weight is 266 g/mol. The lowest BCUT2D eigenvalue weighted by Gasteiger charge is -2.33. The van der Waals surface area contributed by atoms with Crippen LogP contribution in [0.4, 0.5) is 10.1 Å². The minimum absolute atomic E-state index is 0.0844. The Bertz CT molecular complexity index is 413. The van der Waals surface area contributed by atoms with Crippen molar-refractivity contribution in [3.05, 3.63) is 30.1 Å². The van der Waals surface area contributed by atoms with Crippen molar-refractivity contribution >= 4 is 5.69 Å². The topological polar surface area (TPSA) is 35.5 Å². The molecule has 2 rings (SSSR count). The predicted molar refractivity (Wildman–Crippen MR) is 75.8 cm³/mol. The third-order valence-corrected chi connectivity index (χ3v) is 4.02. The highest BCUT2D eigenvalue weighted by Crippen LogP contribution is 2.27. The molecular formula is C15H23FN2O. The summed E-state index contributed by atoms with van der Waals surface area (Å²) in [5.41, 5.74) is 0.427. The molecule has 1 aromatic rings. The fraction of sp³-hybridized carbons (Fsp3) is 0.600. The largest absolute Gasteiger partial charge is 0.394 e. The first-order chi connectivity index (χ1) is 9.17. The third kappa shape index (κ3) is 3.67. The summed E-state index contributed by atoms with van der Waals surface area (Å²) in [5, 5.41) is 13.1. The van der Waals surface area contributed by atoms with E-state index in [1.165, 1.54) is 12.1 Å². The molecule has 0 saturated carbocycles. The van der Waals surface area contributed by atoms with Crippen LogP contribution >= 0.6 is 0 Å². The zero-order valence-electron chi connectivity index (χ0n) is 11.5. The summed E-state index contributed by atoms with van der Waals surface area (Å²) in [6, 6.07) is 6.46. The van der Waals surface area contributed by atoms with Crippen LogP contribution < -0.4 is 5.32 Å². The molecule has 0 amide bonds. The van der Waals surface area contributed by atoms with E-state index in [0.717, 1.165) is 44.6 Å². The maximum absolute atomic E-state index is 13.2. The van der Waals surface area contributed by atoms with Crippen LogP contribution in [0.1, 0.15) is 26.2 Å². The van der Waals surface area contributed by atoms with Gasteiger partial charge in [0, 0.05) is 12.2 Å². The number of hydrogen-bond donors (Lipinski definition) is 2. The molecule has 0 spiro atoms. The van der Waals surface area contributed by atoms with E-state index in [0.29, 0.717) is 0 Å². The van der Waals surface area contributed by atoms with Gasteiger partial charge in [0.05, 0.1) is 12.1 Å². The predicted octanol–water partition coefficient (Wildman–Crippen LogP) is 2.47. The zero-order valence-corrected chi connectivity index (χ0v) is 11.5. The Morgan fingerprint density at radius 3 is 2.89 bits per heavy atom. The molecule has 1 aliphatic heterocycles. The van der Waals surface area contributed by atoms with Crippen molar-refractivity contribution in [1.82, 2.24) is 4.90 Å². The molecule has 4 heteroatoms. The summed E-state index contributed by atoms with van der Waals surface area (Å²) in [6.07, 6.45) is 2.85. The summed E-state index contributed by atoms with van der Waals surface area (Å²) < 4.78 is 13.2. The first kappa shape index (κ1) is 14.3. The number of aliphatic hydroxyl groups is 1. The summed E-state index contributed by atoms with van der Waals surface area (Å²) in [7, 11) is 0. The Hall–Kier alpha value is -1.13. The standard InChI is InChI=1S/C15H23FN2O/c1-2-18-9-4-7-15(12-19,8-10-18)17-14-6-3-5-13(16)11-14/h3,5-6,11,17,19H,2,4,7-10,12H2,1H3. The lowest BCUT2D eigenvalue weighted by molar-refractivity contribution is 0.193. The highest BCUT2D eigenvalue weighted by molar-refractivity contribution is 5.45. The average Bonchev–Trinajstić information content (AvgIpc) is 2.62. The molecule has 1 fully saturated rings. The number of anilines is 1. The van der Waals surface area contributed by atoms with E-state index in [1.54, 1.807) is 6.07 Å². The van der Waals surface area contributed by atoms with Gasteiger partial charge in [-0.05, 0) is 50.6 Å². The highest BCUT2D eigenvalue weighted by atomic mass is 19.1. The van der Waals surface area contributed by atoms with Gasteiger partial charge in [0.1, 0.15) is 5.82 Å². The van der Waals surface area contributed by atoms with E-state index in [4.69, 9.17) is 0 Å². The van der Waals surface area contributed by atoms with Crippen LogP contribution in [0.25, 0.3) is 0 Å². The zero-order chi connectivity index (χ0) is 13.7. The minimum atomic E-state index is -0.322. The SMILES string of the molecule is CCN1CCCC(CO)(Nc2cccc(F)c2)CC1. The monoisotopic (exact) mass is 266 g/mol. The summed E-state index contributed by atoms with van der Waals surface area (Å²) in [4.78, 5) is 2.39. The van der Waals surface area contributed by atoms with Gasteiger partial charge in [-0.2, -0.15) is 0 Å². The first-order valence-corrected chi connectivity index (χ1v) is 7.04. The van der Waals surface area contributed by atoms with Crippen LogP contribution in [0.2, 0.25) is 0 Å². The third-order valence-electron chi connectivity index (χ3n) is 4.02. The lowest BCUT2D eigenvalue weighted by atomic mass is 9.91. The second-order valence-electron chi connectivity index (χ2n) is 5.36. The molecule has 19 heavy (non-hydrogen) atoms. The van der Waals surface area contributed by atoms with Gasteiger partial charge >= 0.3 is 0 Å². The normalized spacial score (nSPS) is 25.0. The Kier molecular flexibility index (Phi) is 4.77. The van der Waals surface area contributed by atoms with Crippen molar-refractivity contribution in [2.24, 2.45) is 0 Å². The van der Waals surface area contributed by atoms with Crippen LogP contribution in [0.15, 0.2) is 24.3 Å². The molecule has 1 aliphatic rings. The molecule has 2 N–H and O–H groups in total. The molecule has 0 aromatic heterocycles. The van der Waals surface area contributed by atoms with Crippen molar-refractivity contribution in [3.63, 3.8) is 0 Å². The number of halogens is 1. The van der Waals surface area contributed by atoms with Crippen LogP contribution in [0.5, 0.6) is 0 Å². The summed E-state index contributed by atoms with van der Waals surface area (Å²) in [5.74, 6) is -0.248. The van der Waals surface area contributed by atoms with Crippen LogP contribution in [0.3, 0.4) is 0 Å². The van der Waals surface area contributed by atoms with Crippen LogP contribution in [-0.4, -0.2) is 41.8 Å². The molecule has 1 atom stereocenters. The number of likely N-dealkylation sites (tertiary alicyclic amines) is 1. The fourth-order valence-electron chi connectivity index (χ4n) is 2.76. The molecule has 0 bridgehead atoms. The van der Waals surface area contributed by atoms with Gasteiger partial charge in [-0.25, -0.2) is 4.39 Å². The molecular weight excluding hydrogens is 243 g/mol. The van der Waals surface area contributed by atoms with Gasteiger partial charge in [0.15, 0.2) is 0 Å². The summed E-state index contributed by atoms with van der Waals surface area (Å²) in [6.45, 7) is 5.33. The number of nitrogens with one attached hydrogen (secondary N) is 1. The fourth-order valence-corrected chi connectivity index (χ4v) is 2.76. The van der Waals surface area contributed by atoms with Gasteiger partial charge < -0.3 is 15.3 Å². The molecule has 1 aromatic carbocycles. The van der Waals surface area contributed by atoms with Gasteiger partial charge in [-0.15, -0.1) is 0 Å². The Labute approximate surface area is 114 Å². The second kappa shape index (κ2) is 6.35. The van der Waals surface area contributed by atoms with Crippen molar-refractivity contribution in [2.45, 2.75) is 31.7 Å². The van der Waals surface area contributed by atoms with Crippen molar-refractivity contribution < 1.29 is 9.50 Å². The van der Waals surface area contributed by atoms with Gasteiger partial charge in [-0.1, -0.05) is 13.0 Å². The Morgan fingerprint density at radius 2 is 2.21 bits per heavy atom. The smallest absolute Gasteiger partial charge is 0.125 e. The maximum Gasteiger partial charge on any atom is 0.125 e. The van der Waals surface area contributed by atoms with Gasteiger partial charge in [0.25, 0.3) is 0 Å². The second-order valence-corrected chi connectivity index (χ2v) is 5.36. The number of rotatable bonds is 4. The van der Waals surface area contributed by atoms with Crippen molar-refractivity contribution in [3.8, 4) is 0 Å². The number of hydrogen-bond acceptors (Lipinski definition) is 3. The van der Waals surface area contributed by atoms with Crippen molar-refractivity contribution in [2.75, 3.05) is 31.6 Å². The lowest BCUT2D eigenvalue weighted by Crippen LogP contribution is -2.43. The van der Waals surface area contributed by atoms with E-state index in [-0.39, 0.29) is 18.0 Å². The molecule has 3 nitrogen and oxygen atoms in total. The maximum atomic E-state index is 13.2. The van der Waals surface area contributed by atoms with Crippen LogP contribution in [-0.2, 0) is 0 Å². The van der Waals surface area contributed by atoms with E-state index in [1.807, 2.05) is 6.07 Å². The molecule has 1 saturated heterocycles. The minimum Gasteiger partial charge on any atom is -0.394 e. The van der Waals surface area contributed by atoms with E-state index in [9.17, 15) is 9.50 Å². The molecule has 0 aliphatic carbocycles. The van der Waals surface area contributed by atoms with Crippen LogP contribution in [0, 0.1) is 5.82 Å². The van der Waals surface area contributed by atoms with Crippen molar-refractivity contribution in [1.29, 1.82) is 0 Å². The molecule has 1 unspecified atom stereocenters. The highest BCUT2D eigenvalue weighted by Gasteiger charge is 2.31. The van der Waals surface area contributed by atoms with Gasteiger partial charge in [-0.3, -0.25) is 0 Å². The molecule has 1 heterocycles. The number of benzene rings is 1. The molecule has 0 radical (unpaired) electrons.